The molecule has 0 saturated carbocycles. The van der Waals surface area contributed by atoms with Crippen LogP contribution in [0.3, 0.4) is 0 Å². The van der Waals surface area contributed by atoms with E-state index < -0.39 is 0 Å². The van der Waals surface area contributed by atoms with Crippen LogP contribution in [-0.4, -0.2) is 24.7 Å². The fraction of sp³-hybridized carbons (Fsp3) is 0.545. The molecule has 0 bridgehead atoms. The minimum Gasteiger partial charge on any atom is -0.380 e. The standard InChI is InChI=1S/C11H18N2O/c1-3-14-9-8-12-10(2)11-6-4-5-7-13-11/h4-7,10,12H,3,8-9H2,1-2H3/t10-/m0/s1. The lowest BCUT2D eigenvalue weighted by atomic mass is 10.2. The molecule has 3 nitrogen and oxygen atoms in total. The van der Waals surface area contributed by atoms with Crippen LogP contribution in [0.5, 0.6) is 0 Å². The highest BCUT2D eigenvalue weighted by Gasteiger charge is 2.03. The van der Waals surface area contributed by atoms with Gasteiger partial charge in [0, 0.05) is 25.4 Å². The zero-order chi connectivity index (χ0) is 10.2. The van der Waals surface area contributed by atoms with Gasteiger partial charge < -0.3 is 10.1 Å². The third kappa shape index (κ3) is 3.85. The molecule has 14 heavy (non-hydrogen) atoms. The maximum atomic E-state index is 5.24. The number of hydrogen-bond donors (Lipinski definition) is 1. The second kappa shape index (κ2) is 6.51. The van der Waals surface area contributed by atoms with E-state index in [-0.39, 0.29) is 6.04 Å². The molecule has 78 valence electrons. The fourth-order valence-electron chi connectivity index (χ4n) is 1.23. The zero-order valence-electron chi connectivity index (χ0n) is 8.86. The third-order valence-corrected chi connectivity index (χ3v) is 2.03. The molecule has 0 aliphatic heterocycles. The molecule has 1 atom stereocenters. The monoisotopic (exact) mass is 194 g/mol. The summed E-state index contributed by atoms with van der Waals surface area (Å²) in [5, 5.41) is 3.35. The normalized spacial score (nSPS) is 12.7. The minimum atomic E-state index is 0.289. The molecule has 0 radical (unpaired) electrons. The summed E-state index contributed by atoms with van der Waals surface area (Å²) in [6, 6.07) is 6.24. The molecule has 0 saturated heterocycles. The summed E-state index contributed by atoms with van der Waals surface area (Å²) in [4.78, 5) is 4.27. The van der Waals surface area contributed by atoms with Gasteiger partial charge in [-0.1, -0.05) is 6.07 Å². The highest BCUT2D eigenvalue weighted by atomic mass is 16.5. The van der Waals surface area contributed by atoms with Crippen molar-refractivity contribution in [3.8, 4) is 0 Å². The van der Waals surface area contributed by atoms with Crippen LogP contribution in [0.4, 0.5) is 0 Å². The van der Waals surface area contributed by atoms with Crippen LogP contribution < -0.4 is 5.32 Å². The Bertz CT molecular complexity index is 238. The van der Waals surface area contributed by atoms with Gasteiger partial charge in [0.15, 0.2) is 0 Å². The first-order valence-corrected chi connectivity index (χ1v) is 5.06. The third-order valence-electron chi connectivity index (χ3n) is 2.03. The summed E-state index contributed by atoms with van der Waals surface area (Å²) in [6.07, 6.45) is 1.82. The number of rotatable bonds is 6. The summed E-state index contributed by atoms with van der Waals surface area (Å²) >= 11 is 0. The van der Waals surface area contributed by atoms with Crippen LogP contribution in [0.25, 0.3) is 0 Å². The Kier molecular flexibility index (Phi) is 5.19. The number of nitrogens with zero attached hydrogens (tertiary/aromatic N) is 1. The van der Waals surface area contributed by atoms with Gasteiger partial charge in [-0.2, -0.15) is 0 Å². The van der Waals surface area contributed by atoms with E-state index in [1.165, 1.54) is 0 Å². The topological polar surface area (TPSA) is 34.1 Å². The average molecular weight is 194 g/mol. The number of hydrogen-bond acceptors (Lipinski definition) is 3. The van der Waals surface area contributed by atoms with Crippen LogP contribution in [0.2, 0.25) is 0 Å². The highest BCUT2D eigenvalue weighted by molar-refractivity contribution is 5.07. The van der Waals surface area contributed by atoms with Crippen LogP contribution in [0, 0.1) is 0 Å². The molecule has 0 spiro atoms. The predicted molar refractivity (Wildman–Crippen MR) is 57.1 cm³/mol. The summed E-state index contributed by atoms with van der Waals surface area (Å²) in [5.74, 6) is 0. The van der Waals surface area contributed by atoms with E-state index in [2.05, 4.69) is 17.2 Å². The second-order valence-electron chi connectivity index (χ2n) is 3.13. The van der Waals surface area contributed by atoms with E-state index in [4.69, 9.17) is 4.74 Å². The van der Waals surface area contributed by atoms with E-state index in [0.717, 1.165) is 25.5 Å². The minimum absolute atomic E-state index is 0.289. The average Bonchev–Trinajstić information content (AvgIpc) is 2.25. The fourth-order valence-corrected chi connectivity index (χ4v) is 1.23. The van der Waals surface area contributed by atoms with Crippen molar-refractivity contribution in [2.75, 3.05) is 19.8 Å². The van der Waals surface area contributed by atoms with Crippen molar-refractivity contribution in [1.29, 1.82) is 0 Å². The highest BCUT2D eigenvalue weighted by Crippen LogP contribution is 2.06. The molecular formula is C11H18N2O. The Labute approximate surface area is 85.5 Å². The number of nitrogens with one attached hydrogen (secondary N) is 1. The molecule has 1 rings (SSSR count). The summed E-state index contributed by atoms with van der Waals surface area (Å²) in [5.41, 5.74) is 1.07. The Balaban J connectivity index is 2.25. The first-order valence-electron chi connectivity index (χ1n) is 5.06. The molecule has 0 fully saturated rings. The van der Waals surface area contributed by atoms with Crippen molar-refractivity contribution in [2.24, 2.45) is 0 Å². The Morgan fingerprint density at radius 1 is 1.50 bits per heavy atom. The number of aromatic nitrogens is 1. The molecule has 0 aromatic carbocycles. The lowest BCUT2D eigenvalue weighted by Crippen LogP contribution is -2.23. The van der Waals surface area contributed by atoms with Gasteiger partial charge in [-0.15, -0.1) is 0 Å². The molecule has 1 heterocycles. The molecule has 0 aliphatic rings. The molecule has 3 heteroatoms. The summed E-state index contributed by atoms with van der Waals surface area (Å²) in [6.45, 7) is 6.51. The summed E-state index contributed by atoms with van der Waals surface area (Å²) < 4.78 is 5.24. The van der Waals surface area contributed by atoms with Gasteiger partial charge in [0.2, 0.25) is 0 Å². The first-order chi connectivity index (χ1) is 6.84. The van der Waals surface area contributed by atoms with Crippen molar-refractivity contribution >= 4 is 0 Å². The van der Waals surface area contributed by atoms with Gasteiger partial charge in [0.05, 0.1) is 12.3 Å². The number of pyridine rings is 1. The Morgan fingerprint density at radius 2 is 2.36 bits per heavy atom. The van der Waals surface area contributed by atoms with Crippen LogP contribution in [-0.2, 0) is 4.74 Å². The van der Waals surface area contributed by atoms with E-state index in [1.807, 2.05) is 31.3 Å². The van der Waals surface area contributed by atoms with E-state index in [0.29, 0.717) is 0 Å². The van der Waals surface area contributed by atoms with E-state index in [1.54, 1.807) is 0 Å². The smallest absolute Gasteiger partial charge is 0.0590 e. The number of ether oxygens (including phenoxy) is 1. The maximum Gasteiger partial charge on any atom is 0.0590 e. The van der Waals surface area contributed by atoms with Gasteiger partial charge in [-0.05, 0) is 26.0 Å². The molecule has 0 aliphatic carbocycles. The van der Waals surface area contributed by atoms with Crippen molar-refractivity contribution in [3.63, 3.8) is 0 Å². The van der Waals surface area contributed by atoms with Gasteiger partial charge >= 0.3 is 0 Å². The molecular weight excluding hydrogens is 176 g/mol. The molecule has 1 N–H and O–H groups in total. The van der Waals surface area contributed by atoms with Crippen molar-refractivity contribution in [1.82, 2.24) is 10.3 Å². The quantitative estimate of drug-likeness (QED) is 0.701. The van der Waals surface area contributed by atoms with Gasteiger partial charge in [-0.3, -0.25) is 4.98 Å². The largest absolute Gasteiger partial charge is 0.380 e. The zero-order valence-corrected chi connectivity index (χ0v) is 8.86. The Hall–Kier alpha value is -0.930. The molecule has 1 aromatic rings. The molecule has 0 unspecified atom stereocenters. The van der Waals surface area contributed by atoms with E-state index >= 15 is 0 Å². The Morgan fingerprint density at radius 3 is 3.00 bits per heavy atom. The van der Waals surface area contributed by atoms with Gasteiger partial charge in [-0.25, -0.2) is 0 Å². The van der Waals surface area contributed by atoms with E-state index in [9.17, 15) is 0 Å². The lowest BCUT2D eigenvalue weighted by Gasteiger charge is -2.12. The lowest BCUT2D eigenvalue weighted by molar-refractivity contribution is 0.147. The van der Waals surface area contributed by atoms with Crippen LogP contribution >= 0.6 is 0 Å². The SMILES string of the molecule is CCOCCN[C@@H](C)c1ccccn1. The molecule has 0 amide bonds. The van der Waals surface area contributed by atoms with Crippen LogP contribution in [0.15, 0.2) is 24.4 Å². The second-order valence-corrected chi connectivity index (χ2v) is 3.13. The summed E-state index contributed by atoms with van der Waals surface area (Å²) in [7, 11) is 0. The maximum absolute atomic E-state index is 5.24. The first kappa shape index (κ1) is 11.1. The van der Waals surface area contributed by atoms with Crippen LogP contribution in [0.1, 0.15) is 25.6 Å². The van der Waals surface area contributed by atoms with Crippen molar-refractivity contribution in [3.05, 3.63) is 30.1 Å². The van der Waals surface area contributed by atoms with Gasteiger partial charge in [0.1, 0.15) is 0 Å². The van der Waals surface area contributed by atoms with Crippen molar-refractivity contribution < 1.29 is 4.74 Å². The van der Waals surface area contributed by atoms with Gasteiger partial charge in [0.25, 0.3) is 0 Å². The molecule has 1 aromatic heterocycles. The predicted octanol–water partition coefficient (Wildman–Crippen LogP) is 1.77. The van der Waals surface area contributed by atoms with Crippen molar-refractivity contribution in [2.45, 2.75) is 19.9 Å².